The summed E-state index contributed by atoms with van der Waals surface area (Å²) in [7, 11) is 1.57. The van der Waals surface area contributed by atoms with Gasteiger partial charge < -0.3 is 15.0 Å². The Morgan fingerprint density at radius 2 is 2.05 bits per heavy atom. The molecule has 5 nitrogen and oxygen atoms in total. The second-order valence-electron chi connectivity index (χ2n) is 4.70. The van der Waals surface area contributed by atoms with Crippen molar-refractivity contribution in [3.05, 3.63) is 54.1 Å². The molecule has 0 atom stereocenters. The van der Waals surface area contributed by atoms with E-state index in [-0.39, 0.29) is 12.3 Å². The number of para-hydroxylation sites is 2. The van der Waals surface area contributed by atoms with Crippen molar-refractivity contribution < 1.29 is 9.53 Å². The number of anilines is 1. The highest BCUT2D eigenvalue weighted by Crippen LogP contribution is 2.19. The topological polar surface area (TPSA) is 70.1 Å². The van der Waals surface area contributed by atoms with E-state index in [2.05, 4.69) is 4.98 Å². The fourth-order valence-corrected chi connectivity index (χ4v) is 2.29. The predicted molar refractivity (Wildman–Crippen MR) is 81.5 cm³/mol. The van der Waals surface area contributed by atoms with Crippen LogP contribution >= 0.6 is 0 Å². The summed E-state index contributed by atoms with van der Waals surface area (Å²) in [4.78, 5) is 16.7. The van der Waals surface area contributed by atoms with E-state index in [1.807, 2.05) is 24.3 Å². The van der Waals surface area contributed by atoms with Gasteiger partial charge in [0, 0.05) is 5.56 Å². The van der Waals surface area contributed by atoms with Gasteiger partial charge in [-0.15, -0.1) is 0 Å². The van der Waals surface area contributed by atoms with E-state index in [0.717, 1.165) is 11.0 Å². The van der Waals surface area contributed by atoms with Gasteiger partial charge in [-0.1, -0.05) is 24.3 Å². The van der Waals surface area contributed by atoms with Gasteiger partial charge in [-0.25, -0.2) is 4.98 Å². The molecule has 0 spiro atoms. The summed E-state index contributed by atoms with van der Waals surface area (Å²) in [6.45, 7) is 0.152. The van der Waals surface area contributed by atoms with Crippen molar-refractivity contribution in [2.45, 2.75) is 6.54 Å². The number of ether oxygens (including phenoxy) is 1. The number of imidazole rings is 1. The Labute approximate surface area is 122 Å². The van der Waals surface area contributed by atoms with Gasteiger partial charge in [0.2, 0.25) is 5.95 Å². The fourth-order valence-electron chi connectivity index (χ4n) is 2.29. The van der Waals surface area contributed by atoms with Crippen LogP contribution in [0.1, 0.15) is 10.4 Å². The smallest absolute Gasteiger partial charge is 0.201 e. The SMILES string of the molecule is COc1cccc(C(=O)Cn2c(N)nc3ccccc32)c1. The van der Waals surface area contributed by atoms with E-state index in [9.17, 15) is 4.79 Å². The number of aromatic nitrogens is 2. The van der Waals surface area contributed by atoms with E-state index in [1.54, 1.807) is 35.9 Å². The van der Waals surface area contributed by atoms with E-state index in [1.165, 1.54) is 0 Å². The van der Waals surface area contributed by atoms with E-state index < -0.39 is 0 Å². The zero-order chi connectivity index (χ0) is 14.8. The van der Waals surface area contributed by atoms with Crippen LogP contribution in [0.5, 0.6) is 5.75 Å². The van der Waals surface area contributed by atoms with Gasteiger partial charge in [-0.05, 0) is 24.3 Å². The highest BCUT2D eigenvalue weighted by atomic mass is 16.5. The lowest BCUT2D eigenvalue weighted by Gasteiger charge is -2.07. The molecule has 1 aromatic heterocycles. The molecular weight excluding hydrogens is 266 g/mol. The number of nitrogens with two attached hydrogens (primary N) is 1. The molecule has 3 aromatic rings. The zero-order valence-electron chi connectivity index (χ0n) is 11.6. The number of fused-ring (bicyclic) bond motifs is 1. The number of benzene rings is 2. The molecule has 0 fully saturated rings. The van der Waals surface area contributed by atoms with Crippen LogP contribution in [0.25, 0.3) is 11.0 Å². The largest absolute Gasteiger partial charge is 0.497 e. The zero-order valence-corrected chi connectivity index (χ0v) is 11.6. The number of rotatable bonds is 4. The number of carbonyl (C=O) groups is 1. The van der Waals surface area contributed by atoms with Crippen LogP contribution in [0.15, 0.2) is 48.5 Å². The number of methoxy groups -OCH3 is 1. The van der Waals surface area contributed by atoms with Gasteiger partial charge in [0.1, 0.15) is 5.75 Å². The third kappa shape index (κ3) is 2.45. The molecule has 2 aromatic carbocycles. The normalized spacial score (nSPS) is 10.7. The molecule has 1 heterocycles. The minimum atomic E-state index is -0.0382. The van der Waals surface area contributed by atoms with Gasteiger partial charge in [-0.2, -0.15) is 0 Å². The molecule has 0 bridgehead atoms. The molecule has 0 aliphatic rings. The van der Waals surface area contributed by atoms with E-state index in [0.29, 0.717) is 17.3 Å². The van der Waals surface area contributed by atoms with E-state index in [4.69, 9.17) is 10.5 Å². The number of ketones is 1. The van der Waals surface area contributed by atoms with Crippen molar-refractivity contribution in [2.75, 3.05) is 12.8 Å². The first kappa shape index (κ1) is 13.2. The summed E-state index contributed by atoms with van der Waals surface area (Å²) in [6.07, 6.45) is 0. The van der Waals surface area contributed by atoms with Crippen molar-refractivity contribution in [3.8, 4) is 5.75 Å². The van der Waals surface area contributed by atoms with Crippen molar-refractivity contribution in [2.24, 2.45) is 0 Å². The second kappa shape index (κ2) is 5.28. The lowest BCUT2D eigenvalue weighted by Crippen LogP contribution is -2.12. The van der Waals surface area contributed by atoms with Crippen molar-refractivity contribution >= 4 is 22.8 Å². The van der Waals surface area contributed by atoms with Crippen LogP contribution < -0.4 is 10.5 Å². The number of hydrogen-bond donors (Lipinski definition) is 1. The highest BCUT2D eigenvalue weighted by Gasteiger charge is 2.13. The molecule has 21 heavy (non-hydrogen) atoms. The number of nitrogens with zero attached hydrogens (tertiary/aromatic N) is 2. The molecule has 5 heteroatoms. The Bertz CT molecular complexity index is 808. The third-order valence-corrected chi connectivity index (χ3v) is 3.38. The summed E-state index contributed by atoms with van der Waals surface area (Å²) in [6, 6.07) is 14.6. The van der Waals surface area contributed by atoms with Crippen molar-refractivity contribution in [3.63, 3.8) is 0 Å². The van der Waals surface area contributed by atoms with Gasteiger partial charge in [-0.3, -0.25) is 4.79 Å². The van der Waals surface area contributed by atoms with Crippen LogP contribution in [-0.2, 0) is 6.54 Å². The molecule has 0 amide bonds. The maximum atomic E-state index is 12.4. The third-order valence-electron chi connectivity index (χ3n) is 3.38. The Kier molecular flexibility index (Phi) is 3.31. The average Bonchev–Trinajstić information content (AvgIpc) is 2.83. The summed E-state index contributed by atoms with van der Waals surface area (Å²) in [5, 5.41) is 0. The summed E-state index contributed by atoms with van der Waals surface area (Å²) >= 11 is 0. The van der Waals surface area contributed by atoms with E-state index >= 15 is 0 Å². The second-order valence-corrected chi connectivity index (χ2v) is 4.70. The summed E-state index contributed by atoms with van der Waals surface area (Å²) < 4.78 is 6.86. The molecule has 0 unspecified atom stereocenters. The molecule has 2 N–H and O–H groups in total. The van der Waals surface area contributed by atoms with Crippen LogP contribution in [0, 0.1) is 0 Å². The van der Waals surface area contributed by atoms with Crippen molar-refractivity contribution in [1.29, 1.82) is 0 Å². The van der Waals surface area contributed by atoms with Crippen LogP contribution in [0.3, 0.4) is 0 Å². The van der Waals surface area contributed by atoms with Gasteiger partial charge in [0.05, 0.1) is 24.7 Å². The Morgan fingerprint density at radius 1 is 1.24 bits per heavy atom. The number of Topliss-reactive ketones (excluding diaryl/α,β-unsaturated/α-hetero) is 1. The molecule has 0 radical (unpaired) electrons. The highest BCUT2D eigenvalue weighted by molar-refractivity contribution is 5.97. The number of nitrogen functional groups attached to an aromatic ring is 1. The number of hydrogen-bond acceptors (Lipinski definition) is 4. The molecule has 0 saturated carbocycles. The average molecular weight is 281 g/mol. The predicted octanol–water partition coefficient (Wildman–Crippen LogP) is 2.51. The quantitative estimate of drug-likeness (QED) is 0.746. The summed E-state index contributed by atoms with van der Waals surface area (Å²) in [5.74, 6) is 0.959. The molecule has 3 rings (SSSR count). The minimum Gasteiger partial charge on any atom is -0.497 e. The van der Waals surface area contributed by atoms with Gasteiger partial charge in [0.25, 0.3) is 0 Å². The van der Waals surface area contributed by atoms with Crippen molar-refractivity contribution in [1.82, 2.24) is 9.55 Å². The fraction of sp³-hybridized carbons (Fsp3) is 0.125. The molecule has 0 saturated heterocycles. The number of carbonyl (C=O) groups excluding carboxylic acids is 1. The van der Waals surface area contributed by atoms with Gasteiger partial charge >= 0.3 is 0 Å². The lowest BCUT2D eigenvalue weighted by molar-refractivity contribution is 0.0973. The standard InChI is InChI=1S/C16H15N3O2/c1-21-12-6-4-5-11(9-12)15(20)10-19-14-8-3-2-7-13(14)18-16(19)17/h2-9H,10H2,1H3,(H2,17,18). The summed E-state index contributed by atoms with van der Waals surface area (Å²) in [5.41, 5.74) is 8.14. The first-order chi connectivity index (χ1) is 10.2. The Balaban J connectivity index is 1.94. The minimum absolute atomic E-state index is 0.0382. The lowest BCUT2D eigenvalue weighted by atomic mass is 10.1. The Hall–Kier alpha value is -2.82. The maximum absolute atomic E-state index is 12.4. The first-order valence-corrected chi connectivity index (χ1v) is 6.57. The van der Waals surface area contributed by atoms with Gasteiger partial charge in [0.15, 0.2) is 5.78 Å². The van der Waals surface area contributed by atoms with Crippen LogP contribution in [0.4, 0.5) is 5.95 Å². The molecular formula is C16H15N3O2. The molecule has 0 aliphatic heterocycles. The molecule has 106 valence electrons. The maximum Gasteiger partial charge on any atom is 0.201 e. The monoisotopic (exact) mass is 281 g/mol. The molecule has 0 aliphatic carbocycles. The van der Waals surface area contributed by atoms with Crippen LogP contribution in [0.2, 0.25) is 0 Å². The van der Waals surface area contributed by atoms with Crippen LogP contribution in [-0.4, -0.2) is 22.4 Å². The Morgan fingerprint density at radius 3 is 2.86 bits per heavy atom. The first-order valence-electron chi connectivity index (χ1n) is 6.57.